The van der Waals surface area contributed by atoms with Crippen LogP contribution in [0.3, 0.4) is 0 Å². The molecule has 8 nitrogen and oxygen atoms in total. The van der Waals surface area contributed by atoms with E-state index < -0.39 is 53.2 Å². The minimum atomic E-state index is -6.15. The van der Waals surface area contributed by atoms with E-state index in [1.165, 1.54) is 35.8 Å². The van der Waals surface area contributed by atoms with Crippen LogP contribution >= 0.6 is 0 Å². The number of nitrogens with one attached hydrogen (secondary N) is 1. The molecule has 1 aliphatic rings. The summed E-state index contributed by atoms with van der Waals surface area (Å²) < 4.78 is 116. The monoisotopic (exact) mass is 658 g/mol. The summed E-state index contributed by atoms with van der Waals surface area (Å²) in [4.78, 5) is 2.46. The zero-order chi connectivity index (χ0) is 26.5. The van der Waals surface area contributed by atoms with E-state index in [4.69, 9.17) is 0 Å². The molecule has 1 N–H and O–H groups in total. The number of rotatable bonds is 7. The molecule has 196 valence electrons. The predicted octanol–water partition coefficient (Wildman–Crippen LogP) is 3.60. The van der Waals surface area contributed by atoms with E-state index in [1.54, 1.807) is 0 Å². The molecule has 1 fully saturated rings. The fraction of sp³-hybridized carbons (Fsp3) is 0.444. The van der Waals surface area contributed by atoms with Gasteiger partial charge >= 0.3 is 101 Å². The van der Waals surface area contributed by atoms with Gasteiger partial charge < -0.3 is 10.2 Å². The topological polar surface area (TPSA) is 102 Å². The Bertz CT molecular complexity index is 1160. The molecule has 17 heteroatoms. The molecule has 2 radical (unpaired) electrons. The summed E-state index contributed by atoms with van der Waals surface area (Å²) in [6.07, 6.45) is 2.65. The molecule has 0 bridgehead atoms. The molecule has 35 heavy (non-hydrogen) atoms. The first-order chi connectivity index (χ1) is 16.1. The summed E-state index contributed by atoms with van der Waals surface area (Å²) in [5, 5.41) is 6.25. The number of likely N-dealkylation sites (tertiary alicyclic amines) is 1. The van der Waals surface area contributed by atoms with Crippen molar-refractivity contribution >= 4 is 58.7 Å². The second-order valence-corrected chi connectivity index (χ2v) is 13.6. The normalized spacial score (nSPS) is 17.7. The van der Waals surface area contributed by atoms with E-state index in [0.29, 0.717) is 6.04 Å². The zero-order valence-electron chi connectivity index (χ0n) is 17.9. The third-order valence-electron chi connectivity index (χ3n) is 4.84. The SMILES string of the molecule is CN1CCC[C@H]1CNc1cccc2ccccc12.O=S(=O)([O][Sn][O]S(=O)(=O)C(F)(F)F)C(F)(F)F. The van der Waals surface area contributed by atoms with Crippen molar-refractivity contribution in [3.05, 3.63) is 42.5 Å². The predicted molar refractivity (Wildman–Crippen MR) is 116 cm³/mol. The van der Waals surface area contributed by atoms with Crippen molar-refractivity contribution < 1.29 is 48.2 Å². The molecule has 0 aromatic heterocycles. The van der Waals surface area contributed by atoms with Gasteiger partial charge in [-0.3, -0.25) is 0 Å². The Balaban J connectivity index is 0.000000248. The number of nitrogens with zero attached hydrogens (tertiary/aromatic N) is 1. The average molecular weight is 657 g/mol. The van der Waals surface area contributed by atoms with Gasteiger partial charge in [-0.1, -0.05) is 36.4 Å². The van der Waals surface area contributed by atoms with Gasteiger partial charge in [-0.25, -0.2) is 0 Å². The average Bonchev–Trinajstić information content (AvgIpc) is 3.15. The molecule has 0 spiro atoms. The summed E-state index contributed by atoms with van der Waals surface area (Å²) in [7, 11) is -10.1. The number of benzene rings is 2. The van der Waals surface area contributed by atoms with Gasteiger partial charge in [0.25, 0.3) is 0 Å². The van der Waals surface area contributed by atoms with Gasteiger partial charge in [0.2, 0.25) is 0 Å². The Kier molecular flexibility index (Phi) is 10.1. The third kappa shape index (κ3) is 8.34. The maximum atomic E-state index is 11.6. The number of anilines is 1. The van der Waals surface area contributed by atoms with Gasteiger partial charge in [0, 0.05) is 23.7 Å². The number of fused-ring (bicyclic) bond motifs is 1. The Morgan fingerprint density at radius 3 is 2.00 bits per heavy atom. The molecule has 1 atom stereocenters. The van der Waals surface area contributed by atoms with Crippen LogP contribution in [0.5, 0.6) is 0 Å². The fourth-order valence-electron chi connectivity index (χ4n) is 3.04. The minimum absolute atomic E-state index is 0.684. The summed E-state index contributed by atoms with van der Waals surface area (Å²) >= 11 is -3.86. The number of likely N-dealkylation sites (N-methyl/N-ethyl adjacent to an activating group) is 1. The van der Waals surface area contributed by atoms with Crippen LogP contribution in [-0.4, -0.2) is 80.9 Å². The van der Waals surface area contributed by atoms with Gasteiger partial charge in [0.05, 0.1) is 0 Å². The van der Waals surface area contributed by atoms with E-state index in [1.807, 2.05) is 0 Å². The number of hydrogen-bond donors (Lipinski definition) is 1. The van der Waals surface area contributed by atoms with Crippen LogP contribution in [0.15, 0.2) is 42.5 Å². The summed E-state index contributed by atoms with van der Waals surface area (Å²) in [5.74, 6) is 0. The van der Waals surface area contributed by atoms with Gasteiger partial charge in [-0.05, 0) is 37.9 Å². The molecule has 3 rings (SSSR count). The van der Waals surface area contributed by atoms with Crippen LogP contribution in [-0.2, 0) is 25.3 Å². The first-order valence-corrected chi connectivity index (χ1v) is 14.9. The number of alkyl halides is 6. The molecule has 1 aliphatic heterocycles. The molecule has 2 aromatic carbocycles. The number of halogens is 6. The van der Waals surface area contributed by atoms with Crippen molar-refractivity contribution in [1.29, 1.82) is 0 Å². The molecule has 0 unspecified atom stereocenters. The van der Waals surface area contributed by atoms with Crippen molar-refractivity contribution in [1.82, 2.24) is 4.90 Å². The molecule has 2 aromatic rings. The Hall–Kier alpha value is -1.34. The quantitative estimate of drug-likeness (QED) is 0.274. The fourth-order valence-corrected chi connectivity index (χ4v) is 7.39. The number of hydrogen-bond acceptors (Lipinski definition) is 8. The van der Waals surface area contributed by atoms with Crippen LogP contribution < -0.4 is 5.32 Å². The molecule has 0 saturated carbocycles. The van der Waals surface area contributed by atoms with E-state index in [-0.39, 0.29) is 0 Å². The van der Waals surface area contributed by atoms with Crippen molar-refractivity contribution in [2.24, 2.45) is 0 Å². The molecular formula is C18H20F6N2O6S2Sn. The van der Waals surface area contributed by atoms with E-state index in [2.05, 4.69) is 64.8 Å². The van der Waals surface area contributed by atoms with Crippen molar-refractivity contribution in [3.8, 4) is 0 Å². The third-order valence-corrected chi connectivity index (χ3v) is 11.5. The Labute approximate surface area is 209 Å². The Morgan fingerprint density at radius 1 is 0.943 bits per heavy atom. The second kappa shape index (κ2) is 11.8. The Morgan fingerprint density at radius 2 is 1.49 bits per heavy atom. The van der Waals surface area contributed by atoms with Crippen LogP contribution in [0.2, 0.25) is 0 Å². The van der Waals surface area contributed by atoms with Crippen LogP contribution in [0, 0.1) is 0 Å². The van der Waals surface area contributed by atoms with Gasteiger partial charge in [-0.2, -0.15) is 0 Å². The standard InChI is InChI=1S/C16H20N2.2CHF3O3S.Sn/c1-18-11-5-8-14(18)12-17-16-10-4-7-13-6-2-3-9-15(13)16;2*2-1(3,4)8(5,6)7;/h2-4,6-7,9-10,14,17H,5,8,11-12H2,1H3;2*(H,5,6,7);/q;;;+2/p-2/t14-;;;/m0.../s1. The summed E-state index contributed by atoms with van der Waals surface area (Å²) in [6, 6.07) is 15.7. The van der Waals surface area contributed by atoms with Gasteiger partial charge in [0.1, 0.15) is 0 Å². The summed E-state index contributed by atoms with van der Waals surface area (Å²) in [6.45, 7) is 2.28. The molecular weight excluding hydrogens is 637 g/mol. The van der Waals surface area contributed by atoms with Crippen LogP contribution in [0.4, 0.5) is 32.0 Å². The van der Waals surface area contributed by atoms with Crippen molar-refractivity contribution in [2.45, 2.75) is 29.9 Å². The zero-order valence-corrected chi connectivity index (χ0v) is 22.4. The molecule has 1 heterocycles. The maximum absolute atomic E-state index is 11.6. The molecule has 0 amide bonds. The van der Waals surface area contributed by atoms with E-state index in [0.717, 1.165) is 6.54 Å². The van der Waals surface area contributed by atoms with Crippen molar-refractivity contribution in [3.63, 3.8) is 0 Å². The first kappa shape index (κ1) is 29.9. The van der Waals surface area contributed by atoms with E-state index in [9.17, 15) is 43.2 Å². The van der Waals surface area contributed by atoms with Gasteiger partial charge in [0.15, 0.2) is 0 Å². The first-order valence-electron chi connectivity index (χ1n) is 9.71. The van der Waals surface area contributed by atoms with E-state index >= 15 is 0 Å². The van der Waals surface area contributed by atoms with Crippen LogP contribution in [0.25, 0.3) is 10.8 Å². The van der Waals surface area contributed by atoms with Gasteiger partial charge in [-0.15, -0.1) is 0 Å². The second-order valence-electron chi connectivity index (χ2n) is 7.23. The van der Waals surface area contributed by atoms with Crippen molar-refractivity contribution in [2.75, 3.05) is 25.5 Å². The van der Waals surface area contributed by atoms with Crippen LogP contribution in [0.1, 0.15) is 12.8 Å². The molecule has 1 saturated heterocycles. The summed E-state index contributed by atoms with van der Waals surface area (Å²) in [5.41, 5.74) is -10.5. The molecule has 0 aliphatic carbocycles.